The van der Waals surface area contributed by atoms with E-state index in [9.17, 15) is 4.79 Å². The van der Waals surface area contributed by atoms with Gasteiger partial charge in [0.25, 0.3) is 5.91 Å². The number of amides is 1. The molecule has 32 heavy (non-hydrogen) atoms. The Hall–Kier alpha value is -3.38. The number of methoxy groups -OCH3 is 1. The van der Waals surface area contributed by atoms with E-state index in [4.69, 9.17) is 4.74 Å². The van der Waals surface area contributed by atoms with Gasteiger partial charge >= 0.3 is 0 Å². The van der Waals surface area contributed by atoms with Gasteiger partial charge in [0.05, 0.1) is 18.8 Å². The normalized spacial score (nSPS) is 15.2. The maximum atomic E-state index is 13.6. The Morgan fingerprint density at radius 3 is 2.31 bits per heavy atom. The number of halogens is 1. The third-order valence-electron chi connectivity index (χ3n) is 5.94. The van der Waals surface area contributed by atoms with Gasteiger partial charge in [-0.25, -0.2) is 0 Å². The highest BCUT2D eigenvalue weighted by molar-refractivity contribution is 9.10. The SMILES string of the molecule is CCc1ccc([C@@H]2c3c(-c4ccc(OC)cc4)n[nH]c3C(=O)N2c2ccc(Br)cc2)cc1. The van der Waals surface area contributed by atoms with Crippen molar-refractivity contribution in [3.8, 4) is 17.0 Å². The fourth-order valence-corrected chi connectivity index (χ4v) is 4.50. The highest BCUT2D eigenvalue weighted by atomic mass is 79.9. The summed E-state index contributed by atoms with van der Waals surface area (Å²) in [5.74, 6) is 0.694. The van der Waals surface area contributed by atoms with E-state index >= 15 is 0 Å². The van der Waals surface area contributed by atoms with Crippen LogP contribution >= 0.6 is 15.9 Å². The number of nitrogens with one attached hydrogen (secondary N) is 1. The molecule has 1 aromatic heterocycles. The van der Waals surface area contributed by atoms with E-state index in [0.717, 1.165) is 44.7 Å². The first-order valence-electron chi connectivity index (χ1n) is 10.5. The average Bonchev–Trinajstić information content (AvgIpc) is 3.39. The van der Waals surface area contributed by atoms with Crippen LogP contribution in [-0.4, -0.2) is 23.2 Å². The van der Waals surface area contributed by atoms with Gasteiger partial charge in [-0.3, -0.25) is 14.8 Å². The summed E-state index contributed by atoms with van der Waals surface area (Å²) >= 11 is 3.49. The molecular formula is C26H22BrN3O2. The number of hydrogen-bond donors (Lipinski definition) is 1. The lowest BCUT2D eigenvalue weighted by molar-refractivity contribution is 0.0989. The number of benzene rings is 3. The smallest absolute Gasteiger partial charge is 0.277 e. The summed E-state index contributed by atoms with van der Waals surface area (Å²) in [6.45, 7) is 2.14. The number of aromatic amines is 1. The van der Waals surface area contributed by atoms with Crippen LogP contribution in [0.15, 0.2) is 77.3 Å². The second kappa shape index (κ2) is 8.28. The van der Waals surface area contributed by atoms with Crippen molar-refractivity contribution in [2.45, 2.75) is 19.4 Å². The minimum Gasteiger partial charge on any atom is -0.497 e. The van der Waals surface area contributed by atoms with E-state index in [1.54, 1.807) is 7.11 Å². The highest BCUT2D eigenvalue weighted by Crippen LogP contribution is 2.45. The molecule has 0 aliphatic carbocycles. The Balaban J connectivity index is 1.68. The van der Waals surface area contributed by atoms with Crippen LogP contribution in [0.4, 0.5) is 5.69 Å². The van der Waals surface area contributed by atoms with Crippen LogP contribution in [0.3, 0.4) is 0 Å². The number of carbonyl (C=O) groups excluding carboxylic acids is 1. The van der Waals surface area contributed by atoms with E-state index in [2.05, 4.69) is 57.3 Å². The zero-order chi connectivity index (χ0) is 22.2. The fraction of sp³-hybridized carbons (Fsp3) is 0.154. The van der Waals surface area contributed by atoms with Gasteiger partial charge in [0.1, 0.15) is 11.4 Å². The molecule has 0 radical (unpaired) electrons. The van der Waals surface area contributed by atoms with Gasteiger partial charge in [0, 0.05) is 21.3 Å². The lowest BCUT2D eigenvalue weighted by Gasteiger charge is -2.26. The number of aromatic nitrogens is 2. The Morgan fingerprint density at radius 1 is 1.00 bits per heavy atom. The van der Waals surface area contributed by atoms with Crippen LogP contribution in [0.1, 0.15) is 40.1 Å². The predicted octanol–water partition coefficient (Wildman–Crippen LogP) is 6.16. The van der Waals surface area contributed by atoms with E-state index in [1.807, 2.05) is 53.4 Å². The van der Waals surface area contributed by atoms with Gasteiger partial charge in [-0.1, -0.05) is 47.1 Å². The molecule has 0 spiro atoms. The molecule has 0 saturated carbocycles. The van der Waals surface area contributed by atoms with Crippen molar-refractivity contribution in [3.05, 3.63) is 99.7 Å². The first-order chi connectivity index (χ1) is 15.6. The minimum atomic E-state index is -0.277. The van der Waals surface area contributed by atoms with E-state index in [1.165, 1.54) is 5.56 Å². The molecular weight excluding hydrogens is 466 g/mol. The standard InChI is InChI=1S/C26H22BrN3O2/c1-3-16-4-6-18(7-5-16)25-22-23(17-8-14-21(32-2)15-9-17)28-29-24(22)26(31)30(25)20-12-10-19(27)11-13-20/h4-15,25H,3H2,1-2H3,(H,28,29)/t25-/m1/s1. The second-order valence-electron chi connectivity index (χ2n) is 7.74. The largest absolute Gasteiger partial charge is 0.497 e. The number of aryl methyl sites for hydroxylation is 1. The average molecular weight is 488 g/mol. The Kier molecular flexibility index (Phi) is 5.31. The molecule has 1 amide bonds. The highest BCUT2D eigenvalue weighted by Gasteiger charge is 2.43. The monoisotopic (exact) mass is 487 g/mol. The summed E-state index contributed by atoms with van der Waals surface area (Å²) in [6, 6.07) is 23.8. The molecule has 5 nitrogen and oxygen atoms in total. The van der Waals surface area contributed by atoms with Crippen LogP contribution in [0.5, 0.6) is 5.75 Å². The van der Waals surface area contributed by atoms with Gasteiger partial charge in [-0.05, 0) is 66.1 Å². The molecule has 0 saturated heterocycles. The summed E-state index contributed by atoms with van der Waals surface area (Å²) in [5.41, 5.74) is 6.29. The third kappa shape index (κ3) is 3.41. The zero-order valence-corrected chi connectivity index (χ0v) is 19.4. The lowest BCUT2D eigenvalue weighted by atomic mass is 9.95. The fourth-order valence-electron chi connectivity index (χ4n) is 4.24. The topological polar surface area (TPSA) is 58.2 Å². The molecule has 0 unspecified atom stereocenters. The molecule has 1 atom stereocenters. The lowest BCUT2D eigenvalue weighted by Crippen LogP contribution is -2.29. The molecule has 5 rings (SSSR count). The number of fused-ring (bicyclic) bond motifs is 1. The summed E-state index contributed by atoms with van der Waals surface area (Å²) in [6.07, 6.45) is 0.967. The number of ether oxygens (including phenoxy) is 1. The molecule has 1 N–H and O–H groups in total. The summed E-state index contributed by atoms with van der Waals surface area (Å²) in [5, 5.41) is 7.56. The van der Waals surface area contributed by atoms with Crippen LogP contribution < -0.4 is 9.64 Å². The van der Waals surface area contributed by atoms with Crippen LogP contribution in [0.2, 0.25) is 0 Å². The molecule has 6 heteroatoms. The molecule has 160 valence electrons. The van der Waals surface area contributed by atoms with E-state index in [-0.39, 0.29) is 11.9 Å². The third-order valence-corrected chi connectivity index (χ3v) is 6.47. The number of carbonyl (C=O) groups is 1. The molecule has 4 aromatic rings. The Morgan fingerprint density at radius 2 is 1.69 bits per heavy atom. The van der Waals surface area contributed by atoms with Crippen LogP contribution in [-0.2, 0) is 6.42 Å². The van der Waals surface area contributed by atoms with Crippen molar-refractivity contribution >= 4 is 27.5 Å². The molecule has 2 heterocycles. The van der Waals surface area contributed by atoms with E-state index in [0.29, 0.717) is 5.69 Å². The number of hydrogen-bond acceptors (Lipinski definition) is 3. The minimum absolute atomic E-state index is 0.0841. The molecule has 0 bridgehead atoms. The van der Waals surface area contributed by atoms with Crippen LogP contribution in [0.25, 0.3) is 11.3 Å². The van der Waals surface area contributed by atoms with Gasteiger partial charge in [-0.2, -0.15) is 5.10 Å². The van der Waals surface area contributed by atoms with Crippen molar-refractivity contribution in [3.63, 3.8) is 0 Å². The maximum Gasteiger partial charge on any atom is 0.277 e. The second-order valence-corrected chi connectivity index (χ2v) is 8.65. The van der Waals surface area contributed by atoms with Gasteiger partial charge in [0.15, 0.2) is 0 Å². The molecule has 1 aliphatic rings. The van der Waals surface area contributed by atoms with Crippen molar-refractivity contribution in [1.82, 2.24) is 10.2 Å². The number of anilines is 1. The van der Waals surface area contributed by atoms with Crippen molar-refractivity contribution in [2.24, 2.45) is 0 Å². The zero-order valence-electron chi connectivity index (χ0n) is 17.8. The number of rotatable bonds is 5. The molecule has 1 aliphatic heterocycles. The Labute approximate surface area is 195 Å². The number of H-pyrrole nitrogens is 1. The summed E-state index contributed by atoms with van der Waals surface area (Å²) in [7, 11) is 1.64. The van der Waals surface area contributed by atoms with Gasteiger partial charge in [-0.15, -0.1) is 0 Å². The quantitative estimate of drug-likeness (QED) is 0.366. The van der Waals surface area contributed by atoms with Gasteiger partial charge in [0.2, 0.25) is 0 Å². The Bertz CT molecular complexity index is 1260. The van der Waals surface area contributed by atoms with Crippen molar-refractivity contribution in [2.75, 3.05) is 12.0 Å². The van der Waals surface area contributed by atoms with E-state index < -0.39 is 0 Å². The first-order valence-corrected chi connectivity index (χ1v) is 11.3. The molecule has 0 fully saturated rings. The maximum absolute atomic E-state index is 13.6. The predicted molar refractivity (Wildman–Crippen MR) is 129 cm³/mol. The van der Waals surface area contributed by atoms with Gasteiger partial charge < -0.3 is 4.74 Å². The number of nitrogens with zero attached hydrogens (tertiary/aromatic N) is 2. The summed E-state index contributed by atoms with van der Waals surface area (Å²) in [4.78, 5) is 15.4. The van der Waals surface area contributed by atoms with Crippen LogP contribution in [0, 0.1) is 0 Å². The first kappa shape index (κ1) is 20.5. The molecule has 3 aromatic carbocycles. The van der Waals surface area contributed by atoms with Crippen molar-refractivity contribution in [1.29, 1.82) is 0 Å². The van der Waals surface area contributed by atoms with Crippen molar-refractivity contribution < 1.29 is 9.53 Å². The summed E-state index contributed by atoms with van der Waals surface area (Å²) < 4.78 is 6.27.